The molecule has 1 aromatic carbocycles. The van der Waals surface area contributed by atoms with Crippen molar-refractivity contribution in [3.8, 4) is 0 Å². The van der Waals surface area contributed by atoms with E-state index in [9.17, 15) is 5.11 Å². The Morgan fingerprint density at radius 3 is 2.43 bits per heavy atom. The zero-order valence-corrected chi connectivity index (χ0v) is 13.6. The summed E-state index contributed by atoms with van der Waals surface area (Å²) in [5.74, 6) is 0. The van der Waals surface area contributed by atoms with Gasteiger partial charge in [0.1, 0.15) is 0 Å². The molecule has 1 aromatic rings. The number of nitrogens with zero attached hydrogens (tertiary/aromatic N) is 1. The number of rotatable bonds is 8. The van der Waals surface area contributed by atoms with Crippen LogP contribution in [0, 0.1) is 5.41 Å². The number of hydrogen-bond donors (Lipinski definition) is 2. The standard InChI is InChI=1S/C18H30N2O/c1-3-18(4-2,15-21)14-19-17-10-6-5-9-16(17)13-20-11-7-8-12-20/h5-6,9-10,19,21H,3-4,7-8,11-15H2,1-2H3. The maximum atomic E-state index is 9.71. The minimum absolute atomic E-state index is 0.000750. The molecule has 0 aromatic heterocycles. The van der Waals surface area contributed by atoms with E-state index >= 15 is 0 Å². The highest BCUT2D eigenvalue weighted by Gasteiger charge is 2.25. The normalized spacial score (nSPS) is 16.3. The third kappa shape index (κ3) is 4.21. The van der Waals surface area contributed by atoms with Gasteiger partial charge in [0, 0.05) is 24.2 Å². The van der Waals surface area contributed by atoms with Crippen molar-refractivity contribution >= 4 is 5.69 Å². The third-order valence-corrected chi connectivity index (χ3v) is 5.10. The van der Waals surface area contributed by atoms with Crippen molar-refractivity contribution in [1.82, 2.24) is 4.90 Å². The second-order valence-electron chi connectivity index (χ2n) is 6.36. The molecule has 0 bridgehead atoms. The second-order valence-corrected chi connectivity index (χ2v) is 6.36. The molecule has 1 fully saturated rings. The van der Waals surface area contributed by atoms with Gasteiger partial charge in [-0.2, -0.15) is 0 Å². The maximum absolute atomic E-state index is 9.71. The summed E-state index contributed by atoms with van der Waals surface area (Å²) in [5.41, 5.74) is 2.60. The number of benzene rings is 1. The average Bonchev–Trinajstić information content (AvgIpc) is 3.04. The van der Waals surface area contributed by atoms with Crippen molar-refractivity contribution in [2.75, 3.05) is 31.6 Å². The van der Waals surface area contributed by atoms with Crippen molar-refractivity contribution in [3.63, 3.8) is 0 Å². The van der Waals surface area contributed by atoms with Crippen molar-refractivity contribution in [2.45, 2.75) is 46.1 Å². The van der Waals surface area contributed by atoms with Gasteiger partial charge in [0.05, 0.1) is 6.61 Å². The summed E-state index contributed by atoms with van der Waals surface area (Å²) in [5, 5.41) is 13.3. The van der Waals surface area contributed by atoms with Gasteiger partial charge in [0.15, 0.2) is 0 Å². The number of hydrogen-bond acceptors (Lipinski definition) is 3. The quantitative estimate of drug-likeness (QED) is 0.769. The summed E-state index contributed by atoms with van der Waals surface area (Å²) in [6.45, 7) is 8.90. The lowest BCUT2D eigenvalue weighted by Crippen LogP contribution is -2.32. The van der Waals surface area contributed by atoms with Crippen LogP contribution in [0.2, 0.25) is 0 Å². The Hall–Kier alpha value is -1.06. The molecule has 0 spiro atoms. The van der Waals surface area contributed by atoms with Crippen LogP contribution in [0.4, 0.5) is 5.69 Å². The zero-order valence-electron chi connectivity index (χ0n) is 13.6. The molecule has 3 heteroatoms. The first-order valence-corrected chi connectivity index (χ1v) is 8.38. The molecular formula is C18H30N2O. The Kier molecular flexibility index (Phi) is 6.07. The predicted molar refractivity (Wildman–Crippen MR) is 89.5 cm³/mol. The molecule has 0 unspecified atom stereocenters. The summed E-state index contributed by atoms with van der Waals surface area (Å²) in [6, 6.07) is 8.60. The van der Waals surface area contributed by atoms with Gasteiger partial charge in [-0.25, -0.2) is 0 Å². The third-order valence-electron chi connectivity index (χ3n) is 5.10. The van der Waals surface area contributed by atoms with E-state index < -0.39 is 0 Å². The van der Waals surface area contributed by atoms with Crippen LogP contribution in [-0.4, -0.2) is 36.2 Å². The summed E-state index contributed by atoms with van der Waals surface area (Å²) in [6.07, 6.45) is 4.66. The first-order chi connectivity index (χ1) is 10.2. The fraction of sp³-hybridized carbons (Fsp3) is 0.667. The molecule has 21 heavy (non-hydrogen) atoms. The van der Waals surface area contributed by atoms with Gasteiger partial charge in [-0.05, 0) is 50.4 Å². The van der Waals surface area contributed by atoms with Crippen molar-refractivity contribution < 1.29 is 5.11 Å². The van der Waals surface area contributed by atoms with Crippen LogP contribution < -0.4 is 5.32 Å². The average molecular weight is 290 g/mol. The lowest BCUT2D eigenvalue weighted by molar-refractivity contribution is 0.127. The highest BCUT2D eigenvalue weighted by molar-refractivity contribution is 5.51. The number of aliphatic hydroxyl groups excluding tert-OH is 1. The molecule has 0 atom stereocenters. The van der Waals surface area contributed by atoms with Gasteiger partial charge < -0.3 is 10.4 Å². The minimum atomic E-state index is 0.000750. The molecule has 2 rings (SSSR count). The van der Waals surface area contributed by atoms with Crippen LogP contribution in [-0.2, 0) is 6.54 Å². The van der Waals surface area contributed by atoms with Crippen molar-refractivity contribution in [2.24, 2.45) is 5.41 Å². The van der Waals surface area contributed by atoms with Gasteiger partial charge >= 0.3 is 0 Å². The van der Waals surface area contributed by atoms with Gasteiger partial charge in [-0.15, -0.1) is 0 Å². The SMILES string of the molecule is CCC(CC)(CO)CNc1ccccc1CN1CCCC1. The van der Waals surface area contributed by atoms with Crippen LogP contribution in [0.15, 0.2) is 24.3 Å². The van der Waals surface area contributed by atoms with Crippen LogP contribution in [0.1, 0.15) is 45.1 Å². The summed E-state index contributed by atoms with van der Waals surface area (Å²) >= 11 is 0. The molecule has 0 radical (unpaired) electrons. The molecule has 1 saturated heterocycles. The van der Waals surface area contributed by atoms with Crippen LogP contribution in [0.3, 0.4) is 0 Å². The number of para-hydroxylation sites is 1. The molecule has 0 saturated carbocycles. The maximum Gasteiger partial charge on any atom is 0.0504 e. The molecule has 118 valence electrons. The molecule has 0 amide bonds. The smallest absolute Gasteiger partial charge is 0.0504 e. The molecule has 0 aliphatic carbocycles. The fourth-order valence-electron chi connectivity index (χ4n) is 3.07. The van der Waals surface area contributed by atoms with Crippen LogP contribution in [0.5, 0.6) is 0 Å². The Morgan fingerprint density at radius 2 is 1.81 bits per heavy atom. The van der Waals surface area contributed by atoms with Gasteiger partial charge in [0.2, 0.25) is 0 Å². The first-order valence-electron chi connectivity index (χ1n) is 8.38. The minimum Gasteiger partial charge on any atom is -0.396 e. The van der Waals surface area contributed by atoms with E-state index in [2.05, 4.69) is 48.3 Å². The second kappa shape index (κ2) is 7.81. The molecule has 2 N–H and O–H groups in total. The van der Waals surface area contributed by atoms with Gasteiger partial charge in [-0.3, -0.25) is 4.90 Å². The summed E-state index contributed by atoms with van der Waals surface area (Å²) in [7, 11) is 0. The Labute approximate surface area is 129 Å². The fourth-order valence-corrected chi connectivity index (χ4v) is 3.07. The molecule has 3 nitrogen and oxygen atoms in total. The molecule has 1 aliphatic rings. The Bertz CT molecular complexity index is 415. The van der Waals surface area contributed by atoms with E-state index in [1.165, 1.54) is 37.2 Å². The largest absolute Gasteiger partial charge is 0.396 e. The lowest BCUT2D eigenvalue weighted by atomic mass is 9.83. The summed E-state index contributed by atoms with van der Waals surface area (Å²) < 4.78 is 0. The zero-order chi connectivity index (χ0) is 15.1. The molecule has 1 aliphatic heterocycles. The highest BCUT2D eigenvalue weighted by Crippen LogP contribution is 2.27. The van der Waals surface area contributed by atoms with Gasteiger partial charge in [-0.1, -0.05) is 32.0 Å². The van der Waals surface area contributed by atoms with Crippen molar-refractivity contribution in [1.29, 1.82) is 0 Å². The number of aliphatic hydroxyl groups is 1. The number of nitrogens with one attached hydrogen (secondary N) is 1. The Morgan fingerprint density at radius 1 is 1.14 bits per heavy atom. The number of likely N-dealkylation sites (tertiary alicyclic amines) is 1. The molecular weight excluding hydrogens is 260 g/mol. The van der Waals surface area contributed by atoms with E-state index in [1.807, 2.05) is 0 Å². The number of anilines is 1. The summed E-state index contributed by atoms with van der Waals surface area (Å²) in [4.78, 5) is 2.53. The monoisotopic (exact) mass is 290 g/mol. The van der Waals surface area contributed by atoms with Crippen molar-refractivity contribution in [3.05, 3.63) is 29.8 Å². The van der Waals surface area contributed by atoms with Gasteiger partial charge in [0.25, 0.3) is 0 Å². The van der Waals surface area contributed by atoms with E-state index in [0.717, 1.165) is 25.9 Å². The topological polar surface area (TPSA) is 35.5 Å². The Balaban J connectivity index is 2.02. The molecule has 1 heterocycles. The predicted octanol–water partition coefficient (Wildman–Crippen LogP) is 3.49. The lowest BCUT2D eigenvalue weighted by Gasteiger charge is -2.30. The highest BCUT2D eigenvalue weighted by atomic mass is 16.3. The van der Waals surface area contributed by atoms with E-state index in [-0.39, 0.29) is 12.0 Å². The van der Waals surface area contributed by atoms with E-state index in [4.69, 9.17) is 0 Å². The first kappa shape index (κ1) is 16.3. The van der Waals surface area contributed by atoms with Crippen LogP contribution in [0.25, 0.3) is 0 Å². The van der Waals surface area contributed by atoms with E-state index in [0.29, 0.717) is 0 Å². The van der Waals surface area contributed by atoms with E-state index in [1.54, 1.807) is 0 Å². The van der Waals surface area contributed by atoms with Crippen LogP contribution >= 0.6 is 0 Å².